The molecule has 0 aromatic carbocycles. The molecule has 0 aromatic rings. The molecular weight excluding hydrogens is 242 g/mol. The summed E-state index contributed by atoms with van der Waals surface area (Å²) in [6.45, 7) is 15.7. The average Bonchev–Trinajstić information content (AvgIpc) is 2.20. The van der Waals surface area contributed by atoms with E-state index in [2.05, 4.69) is 53.0 Å². The quantitative estimate of drug-likeness (QED) is 0.686. The highest BCUT2D eigenvalue weighted by molar-refractivity contribution is 6.64. The maximum atomic E-state index is 5.95. The third-order valence-corrected chi connectivity index (χ3v) is 7.45. The van der Waals surface area contributed by atoms with Crippen LogP contribution in [0.3, 0.4) is 0 Å². The molecule has 4 heteroatoms. The molecule has 0 aliphatic carbocycles. The summed E-state index contributed by atoms with van der Waals surface area (Å²) in [6, 6.07) is 1.02. The lowest BCUT2D eigenvalue weighted by Gasteiger charge is -2.53. The van der Waals surface area contributed by atoms with Crippen molar-refractivity contribution in [2.75, 3.05) is 14.2 Å². The molecule has 0 amide bonds. The molecule has 0 N–H and O–H groups in total. The number of hydrogen-bond acceptors (Lipinski definition) is 3. The van der Waals surface area contributed by atoms with Crippen LogP contribution in [0.25, 0.3) is 0 Å². The topological polar surface area (TPSA) is 21.7 Å². The van der Waals surface area contributed by atoms with Gasteiger partial charge in [-0.05, 0) is 41.5 Å². The normalized spacial score (nSPS) is 14.3. The number of unbranched alkanes of at least 4 members (excludes halogenated alkanes) is 1. The molecule has 0 fully saturated rings. The van der Waals surface area contributed by atoms with Gasteiger partial charge in [-0.15, -0.1) is 0 Å². The van der Waals surface area contributed by atoms with Crippen molar-refractivity contribution in [2.24, 2.45) is 0 Å². The third kappa shape index (κ3) is 4.33. The predicted octanol–water partition coefficient (Wildman–Crippen LogP) is 3.92. The highest BCUT2D eigenvalue weighted by Crippen LogP contribution is 2.35. The van der Waals surface area contributed by atoms with Crippen LogP contribution in [0.1, 0.15) is 61.3 Å². The first kappa shape index (κ1) is 18.1. The Morgan fingerprint density at radius 1 is 0.889 bits per heavy atom. The van der Waals surface area contributed by atoms with Crippen molar-refractivity contribution in [3.63, 3.8) is 0 Å². The van der Waals surface area contributed by atoms with Crippen LogP contribution in [-0.4, -0.2) is 38.6 Å². The molecule has 18 heavy (non-hydrogen) atoms. The van der Waals surface area contributed by atoms with E-state index in [-0.39, 0.29) is 11.1 Å². The molecule has 0 unspecified atom stereocenters. The SMILES string of the molecule is CCCC[Si](OC)(OC)N(C(C)(C)C)C(C)(C)C. The van der Waals surface area contributed by atoms with Gasteiger partial charge in [0.1, 0.15) is 0 Å². The summed E-state index contributed by atoms with van der Waals surface area (Å²) in [6.07, 6.45) is 2.32. The second kappa shape index (κ2) is 6.50. The van der Waals surface area contributed by atoms with Gasteiger partial charge < -0.3 is 8.85 Å². The molecule has 0 aromatic heterocycles. The molecule has 3 nitrogen and oxygen atoms in total. The van der Waals surface area contributed by atoms with Gasteiger partial charge in [0, 0.05) is 31.3 Å². The van der Waals surface area contributed by atoms with Crippen molar-refractivity contribution >= 4 is 8.72 Å². The summed E-state index contributed by atoms with van der Waals surface area (Å²) < 4.78 is 14.4. The van der Waals surface area contributed by atoms with Crippen molar-refractivity contribution in [3.05, 3.63) is 0 Å². The molecule has 0 rings (SSSR count). The Labute approximate surface area is 115 Å². The van der Waals surface area contributed by atoms with E-state index < -0.39 is 8.72 Å². The lowest BCUT2D eigenvalue weighted by atomic mass is 10.0. The van der Waals surface area contributed by atoms with Crippen molar-refractivity contribution in [2.45, 2.75) is 78.4 Å². The van der Waals surface area contributed by atoms with Gasteiger partial charge in [0.25, 0.3) is 0 Å². The Morgan fingerprint density at radius 2 is 1.28 bits per heavy atom. The first-order valence-electron chi connectivity index (χ1n) is 6.96. The molecule has 0 radical (unpaired) electrons. The fourth-order valence-corrected chi connectivity index (χ4v) is 7.02. The Hall–Kier alpha value is 0.0969. The third-order valence-electron chi connectivity index (χ3n) is 3.17. The van der Waals surface area contributed by atoms with E-state index in [0.717, 1.165) is 12.5 Å². The number of nitrogens with zero attached hydrogens (tertiary/aromatic N) is 1. The van der Waals surface area contributed by atoms with E-state index in [1.54, 1.807) is 14.2 Å². The summed E-state index contributed by atoms with van der Waals surface area (Å²) in [5.41, 5.74) is 0.0640. The van der Waals surface area contributed by atoms with Gasteiger partial charge in [-0.3, -0.25) is 4.57 Å². The molecule has 0 heterocycles. The van der Waals surface area contributed by atoms with Crippen molar-refractivity contribution in [3.8, 4) is 0 Å². The Kier molecular flexibility index (Phi) is 6.54. The van der Waals surface area contributed by atoms with Crippen LogP contribution < -0.4 is 0 Å². The molecule has 0 atom stereocenters. The number of rotatable bonds is 6. The second-order valence-corrected chi connectivity index (χ2v) is 10.1. The van der Waals surface area contributed by atoms with Crippen LogP contribution in [0.2, 0.25) is 6.04 Å². The molecular formula is C14H33NO2Si. The minimum absolute atomic E-state index is 0.0320. The van der Waals surface area contributed by atoms with E-state index in [1.807, 2.05) is 0 Å². The molecule has 0 aliphatic rings. The smallest absolute Gasteiger partial charge is 0.386 e. The maximum Gasteiger partial charge on any atom is 0.428 e. The van der Waals surface area contributed by atoms with Gasteiger partial charge >= 0.3 is 8.72 Å². The minimum atomic E-state index is -2.33. The summed E-state index contributed by atoms with van der Waals surface area (Å²) in [4.78, 5) is 0. The van der Waals surface area contributed by atoms with Crippen molar-refractivity contribution in [1.29, 1.82) is 0 Å². The summed E-state index contributed by atoms with van der Waals surface area (Å²) in [5, 5.41) is 0. The monoisotopic (exact) mass is 275 g/mol. The highest BCUT2D eigenvalue weighted by Gasteiger charge is 2.52. The van der Waals surface area contributed by atoms with Crippen LogP contribution in [-0.2, 0) is 8.85 Å². The van der Waals surface area contributed by atoms with Crippen molar-refractivity contribution in [1.82, 2.24) is 4.57 Å². The van der Waals surface area contributed by atoms with E-state index in [0.29, 0.717) is 0 Å². The lowest BCUT2D eigenvalue weighted by molar-refractivity contribution is 0.0434. The Bertz CT molecular complexity index is 225. The maximum absolute atomic E-state index is 5.95. The zero-order valence-corrected chi connectivity index (χ0v) is 14.9. The van der Waals surface area contributed by atoms with Gasteiger partial charge in [0.15, 0.2) is 0 Å². The van der Waals surface area contributed by atoms with Crippen LogP contribution in [0.15, 0.2) is 0 Å². The summed E-state index contributed by atoms with van der Waals surface area (Å²) in [5.74, 6) is 0. The molecule has 0 saturated heterocycles. The van der Waals surface area contributed by atoms with Crippen LogP contribution in [0.4, 0.5) is 0 Å². The van der Waals surface area contributed by atoms with E-state index in [1.165, 1.54) is 6.42 Å². The van der Waals surface area contributed by atoms with Gasteiger partial charge in [-0.25, -0.2) is 0 Å². The van der Waals surface area contributed by atoms with Gasteiger partial charge in [0.2, 0.25) is 0 Å². The minimum Gasteiger partial charge on any atom is -0.386 e. The molecule has 0 spiro atoms. The summed E-state index contributed by atoms with van der Waals surface area (Å²) in [7, 11) is 1.27. The van der Waals surface area contributed by atoms with E-state index >= 15 is 0 Å². The zero-order chi connectivity index (χ0) is 14.6. The average molecular weight is 276 g/mol. The van der Waals surface area contributed by atoms with E-state index in [9.17, 15) is 0 Å². The fourth-order valence-electron chi connectivity index (χ4n) is 3.01. The van der Waals surface area contributed by atoms with Gasteiger partial charge in [0.05, 0.1) is 0 Å². The lowest BCUT2D eigenvalue weighted by Crippen LogP contribution is -2.69. The standard InChI is InChI=1S/C14H33NO2Si/c1-10-11-12-18(16-8,17-9)15(13(2,3)4)14(5,6)7/h10-12H2,1-9H3. The molecule has 110 valence electrons. The first-order valence-corrected chi connectivity index (χ1v) is 8.93. The number of hydrogen-bond donors (Lipinski definition) is 0. The zero-order valence-electron chi connectivity index (χ0n) is 13.9. The van der Waals surface area contributed by atoms with E-state index in [4.69, 9.17) is 8.85 Å². The van der Waals surface area contributed by atoms with Gasteiger partial charge in [-0.2, -0.15) is 0 Å². The summed E-state index contributed by atoms with van der Waals surface area (Å²) >= 11 is 0. The predicted molar refractivity (Wildman–Crippen MR) is 80.8 cm³/mol. The van der Waals surface area contributed by atoms with Crippen LogP contribution in [0, 0.1) is 0 Å². The van der Waals surface area contributed by atoms with Crippen LogP contribution >= 0.6 is 0 Å². The van der Waals surface area contributed by atoms with Crippen molar-refractivity contribution < 1.29 is 8.85 Å². The fraction of sp³-hybridized carbons (Fsp3) is 1.00. The molecule has 0 saturated carbocycles. The van der Waals surface area contributed by atoms with Crippen LogP contribution in [0.5, 0.6) is 0 Å². The Balaban J connectivity index is 5.49. The first-order chi connectivity index (χ1) is 8.05. The molecule has 0 bridgehead atoms. The molecule has 0 aliphatic heterocycles. The van der Waals surface area contributed by atoms with Gasteiger partial charge in [-0.1, -0.05) is 19.8 Å². The highest BCUT2D eigenvalue weighted by atomic mass is 28.4. The second-order valence-electron chi connectivity index (χ2n) is 6.90. The Morgan fingerprint density at radius 3 is 1.50 bits per heavy atom. The largest absolute Gasteiger partial charge is 0.428 e.